The molecule has 0 bridgehead atoms. The van der Waals surface area contributed by atoms with Crippen LogP contribution in [0.15, 0.2) is 47.4 Å². The number of anilines is 2. The Bertz CT molecular complexity index is 850. The molecule has 1 aliphatic rings. The highest BCUT2D eigenvalue weighted by atomic mass is 35.5. The fourth-order valence-electron chi connectivity index (χ4n) is 3.20. The van der Waals surface area contributed by atoms with Gasteiger partial charge in [-0.2, -0.15) is 0 Å². The van der Waals surface area contributed by atoms with Crippen LogP contribution in [0.4, 0.5) is 11.4 Å². The van der Waals surface area contributed by atoms with E-state index in [4.69, 9.17) is 11.6 Å². The lowest BCUT2D eigenvalue weighted by molar-refractivity contribution is 0.447. The van der Waals surface area contributed by atoms with Crippen LogP contribution in [0.25, 0.3) is 0 Å². The summed E-state index contributed by atoms with van der Waals surface area (Å²) in [5.41, 5.74) is 2.43. The molecule has 2 aromatic carbocycles. The lowest BCUT2D eigenvalue weighted by Gasteiger charge is -2.34. The van der Waals surface area contributed by atoms with Crippen molar-refractivity contribution >= 4 is 33.0 Å². The summed E-state index contributed by atoms with van der Waals surface area (Å²) in [6.45, 7) is 5.99. The second kappa shape index (κ2) is 7.26. The highest BCUT2D eigenvalue weighted by Crippen LogP contribution is 2.33. The number of piperidine rings is 1. The van der Waals surface area contributed by atoms with Crippen LogP contribution in [0, 0.1) is 12.8 Å². The number of nitrogens with zero attached hydrogens (tertiary/aromatic N) is 1. The van der Waals surface area contributed by atoms with E-state index in [1.165, 1.54) is 6.42 Å². The summed E-state index contributed by atoms with van der Waals surface area (Å²) in [6, 6.07) is 12.2. The van der Waals surface area contributed by atoms with Gasteiger partial charge in [-0.1, -0.05) is 36.2 Å². The Morgan fingerprint density at radius 3 is 2.56 bits per heavy atom. The molecule has 2 aromatic rings. The maximum atomic E-state index is 12.8. The Morgan fingerprint density at radius 1 is 1.16 bits per heavy atom. The van der Waals surface area contributed by atoms with Gasteiger partial charge < -0.3 is 4.90 Å². The van der Waals surface area contributed by atoms with Gasteiger partial charge in [-0.25, -0.2) is 8.42 Å². The first-order chi connectivity index (χ1) is 11.8. The van der Waals surface area contributed by atoms with E-state index in [0.717, 1.165) is 30.8 Å². The SMILES string of the molecule is Cc1ccc(S(=O)(=O)Nc2cc(Cl)ccc2N2CCCC(C)C2)cc1. The highest BCUT2D eigenvalue weighted by Gasteiger charge is 2.22. The first kappa shape index (κ1) is 18.1. The molecule has 1 unspecified atom stereocenters. The molecular formula is C19H23ClN2O2S. The zero-order chi connectivity index (χ0) is 18.0. The second-order valence-electron chi connectivity index (χ2n) is 6.77. The van der Waals surface area contributed by atoms with Crippen molar-refractivity contribution in [2.24, 2.45) is 5.92 Å². The summed E-state index contributed by atoms with van der Waals surface area (Å²) >= 11 is 6.13. The van der Waals surface area contributed by atoms with Crippen molar-refractivity contribution < 1.29 is 8.42 Å². The average molecular weight is 379 g/mol. The predicted molar refractivity (Wildman–Crippen MR) is 104 cm³/mol. The second-order valence-corrected chi connectivity index (χ2v) is 8.89. The molecule has 1 fully saturated rings. The minimum Gasteiger partial charge on any atom is -0.370 e. The van der Waals surface area contributed by atoms with Crippen molar-refractivity contribution in [3.8, 4) is 0 Å². The van der Waals surface area contributed by atoms with E-state index in [-0.39, 0.29) is 4.90 Å². The number of hydrogen-bond acceptors (Lipinski definition) is 3. The van der Waals surface area contributed by atoms with E-state index in [2.05, 4.69) is 16.5 Å². The summed E-state index contributed by atoms with van der Waals surface area (Å²) in [5.74, 6) is 0.589. The van der Waals surface area contributed by atoms with Crippen LogP contribution in [-0.4, -0.2) is 21.5 Å². The van der Waals surface area contributed by atoms with E-state index >= 15 is 0 Å². The Morgan fingerprint density at radius 2 is 1.88 bits per heavy atom. The quantitative estimate of drug-likeness (QED) is 0.839. The van der Waals surface area contributed by atoms with E-state index in [0.29, 0.717) is 16.6 Å². The number of sulfonamides is 1. The molecule has 0 radical (unpaired) electrons. The summed E-state index contributed by atoms with van der Waals surface area (Å²) in [4.78, 5) is 2.48. The third-order valence-corrected chi connectivity index (χ3v) is 6.15. The van der Waals surface area contributed by atoms with Crippen molar-refractivity contribution in [3.05, 3.63) is 53.1 Å². The van der Waals surface area contributed by atoms with Crippen molar-refractivity contribution in [1.82, 2.24) is 0 Å². The van der Waals surface area contributed by atoms with Crippen LogP contribution in [0.1, 0.15) is 25.3 Å². The third kappa shape index (κ3) is 4.28. The summed E-state index contributed by atoms with van der Waals surface area (Å²) in [6.07, 6.45) is 2.31. The standard InChI is InChI=1S/C19H23ClN2O2S/c1-14-5-8-17(9-6-14)25(23,24)21-18-12-16(20)7-10-19(18)22-11-3-4-15(2)13-22/h5-10,12,15,21H,3-4,11,13H2,1-2H3. The molecule has 6 heteroatoms. The first-order valence-electron chi connectivity index (χ1n) is 8.49. The first-order valence-corrected chi connectivity index (χ1v) is 10.4. The van der Waals surface area contributed by atoms with E-state index in [9.17, 15) is 8.42 Å². The minimum absolute atomic E-state index is 0.246. The lowest BCUT2D eigenvalue weighted by atomic mass is 9.99. The molecule has 0 spiro atoms. The molecule has 1 N–H and O–H groups in total. The number of hydrogen-bond donors (Lipinski definition) is 1. The van der Waals surface area contributed by atoms with Crippen molar-refractivity contribution in [1.29, 1.82) is 0 Å². The van der Waals surface area contributed by atoms with Gasteiger partial charge in [0.25, 0.3) is 10.0 Å². The fraction of sp³-hybridized carbons (Fsp3) is 0.368. The van der Waals surface area contributed by atoms with Crippen LogP contribution >= 0.6 is 11.6 Å². The molecule has 134 valence electrons. The topological polar surface area (TPSA) is 49.4 Å². The molecule has 0 aromatic heterocycles. The normalized spacial score (nSPS) is 18.2. The Balaban J connectivity index is 1.93. The maximum absolute atomic E-state index is 12.8. The molecule has 1 aliphatic heterocycles. The molecule has 3 rings (SSSR count). The molecule has 0 amide bonds. The molecule has 1 heterocycles. The lowest BCUT2D eigenvalue weighted by Crippen LogP contribution is -2.34. The summed E-state index contributed by atoms with van der Waals surface area (Å²) in [7, 11) is -3.66. The number of halogens is 1. The number of aryl methyl sites for hydroxylation is 1. The molecule has 0 saturated carbocycles. The minimum atomic E-state index is -3.66. The van der Waals surface area contributed by atoms with Crippen molar-refractivity contribution in [2.45, 2.75) is 31.6 Å². The van der Waals surface area contributed by atoms with Gasteiger partial charge in [-0.15, -0.1) is 0 Å². The third-order valence-electron chi connectivity index (χ3n) is 4.53. The van der Waals surface area contributed by atoms with Gasteiger partial charge >= 0.3 is 0 Å². The van der Waals surface area contributed by atoms with Crippen molar-refractivity contribution in [3.63, 3.8) is 0 Å². The van der Waals surface area contributed by atoms with Gasteiger partial charge in [0, 0.05) is 18.1 Å². The fourth-order valence-corrected chi connectivity index (χ4v) is 4.43. The summed E-state index contributed by atoms with van der Waals surface area (Å²) in [5, 5.41) is 0.510. The maximum Gasteiger partial charge on any atom is 0.261 e. The number of benzene rings is 2. The molecule has 1 saturated heterocycles. The summed E-state index contributed by atoms with van der Waals surface area (Å²) < 4.78 is 28.2. The largest absolute Gasteiger partial charge is 0.370 e. The Hall–Kier alpha value is -1.72. The average Bonchev–Trinajstić information content (AvgIpc) is 2.55. The number of rotatable bonds is 4. The van der Waals surface area contributed by atoms with E-state index in [1.54, 1.807) is 36.4 Å². The van der Waals surface area contributed by atoms with Crippen LogP contribution in [0.2, 0.25) is 5.02 Å². The van der Waals surface area contributed by atoms with Crippen LogP contribution in [0.5, 0.6) is 0 Å². The molecule has 0 aliphatic carbocycles. The van der Waals surface area contributed by atoms with Gasteiger partial charge in [0.1, 0.15) is 0 Å². The highest BCUT2D eigenvalue weighted by molar-refractivity contribution is 7.92. The van der Waals surface area contributed by atoms with Gasteiger partial charge in [-0.3, -0.25) is 4.72 Å². The van der Waals surface area contributed by atoms with E-state index < -0.39 is 10.0 Å². The molecule has 1 atom stereocenters. The van der Waals surface area contributed by atoms with Crippen LogP contribution in [0.3, 0.4) is 0 Å². The smallest absolute Gasteiger partial charge is 0.261 e. The van der Waals surface area contributed by atoms with Gasteiger partial charge in [0.2, 0.25) is 0 Å². The Labute approximate surface area is 154 Å². The monoisotopic (exact) mass is 378 g/mol. The molecule has 4 nitrogen and oxygen atoms in total. The van der Waals surface area contributed by atoms with Gasteiger partial charge in [0.15, 0.2) is 0 Å². The zero-order valence-corrected chi connectivity index (χ0v) is 16.1. The van der Waals surface area contributed by atoms with Crippen molar-refractivity contribution in [2.75, 3.05) is 22.7 Å². The van der Waals surface area contributed by atoms with Gasteiger partial charge in [-0.05, 0) is 56.0 Å². The van der Waals surface area contributed by atoms with Gasteiger partial charge in [0.05, 0.1) is 16.3 Å². The Kier molecular flexibility index (Phi) is 5.25. The molecular weight excluding hydrogens is 356 g/mol. The van der Waals surface area contributed by atoms with Crippen LogP contribution in [-0.2, 0) is 10.0 Å². The van der Waals surface area contributed by atoms with Crippen LogP contribution < -0.4 is 9.62 Å². The zero-order valence-electron chi connectivity index (χ0n) is 14.5. The molecule has 25 heavy (non-hydrogen) atoms. The van der Waals surface area contributed by atoms with E-state index in [1.807, 2.05) is 13.0 Å². The number of nitrogens with one attached hydrogen (secondary N) is 1. The predicted octanol–water partition coefficient (Wildman–Crippen LogP) is 4.69.